The molecule has 0 bridgehead atoms. The standard InChI is InChI=1S/C15H22N2O4/c1-4-16-15(20)17-14(19)11(3)21-13-7-5-12(6-8-13)9-10(2)18/h5-8,10-11,18H,4,9H2,1-3H3,(H2,16,17,19,20). The number of hydrogen-bond acceptors (Lipinski definition) is 4. The van der Waals surface area contributed by atoms with Gasteiger partial charge >= 0.3 is 6.03 Å². The van der Waals surface area contributed by atoms with Crippen LogP contribution < -0.4 is 15.4 Å². The smallest absolute Gasteiger partial charge is 0.321 e. The second-order valence-electron chi connectivity index (χ2n) is 4.81. The molecule has 0 aliphatic heterocycles. The maximum absolute atomic E-state index is 11.7. The van der Waals surface area contributed by atoms with Gasteiger partial charge in [0, 0.05) is 6.54 Å². The van der Waals surface area contributed by atoms with Crippen molar-refractivity contribution in [3.63, 3.8) is 0 Å². The van der Waals surface area contributed by atoms with Crippen LogP contribution in [0.15, 0.2) is 24.3 Å². The van der Waals surface area contributed by atoms with E-state index in [2.05, 4.69) is 10.6 Å². The molecule has 0 aliphatic carbocycles. The van der Waals surface area contributed by atoms with E-state index in [9.17, 15) is 14.7 Å². The van der Waals surface area contributed by atoms with E-state index in [4.69, 9.17) is 4.74 Å². The zero-order chi connectivity index (χ0) is 15.8. The predicted octanol–water partition coefficient (Wildman–Crippen LogP) is 1.22. The predicted molar refractivity (Wildman–Crippen MR) is 79.1 cm³/mol. The molecule has 2 unspecified atom stereocenters. The Balaban J connectivity index is 2.52. The Hall–Kier alpha value is -2.08. The summed E-state index contributed by atoms with van der Waals surface area (Å²) < 4.78 is 5.46. The molecule has 3 amide bonds. The fourth-order valence-electron chi connectivity index (χ4n) is 1.72. The highest BCUT2D eigenvalue weighted by Crippen LogP contribution is 2.15. The second kappa shape index (κ2) is 8.26. The Morgan fingerprint density at radius 2 is 1.86 bits per heavy atom. The minimum Gasteiger partial charge on any atom is -0.481 e. The number of carbonyl (C=O) groups excluding carboxylic acids is 2. The van der Waals surface area contributed by atoms with Crippen molar-refractivity contribution in [2.45, 2.75) is 39.4 Å². The second-order valence-corrected chi connectivity index (χ2v) is 4.81. The van der Waals surface area contributed by atoms with E-state index in [1.165, 1.54) is 0 Å². The van der Waals surface area contributed by atoms with E-state index < -0.39 is 24.1 Å². The van der Waals surface area contributed by atoms with Gasteiger partial charge in [0.05, 0.1) is 6.10 Å². The first kappa shape index (κ1) is 17.0. The quantitative estimate of drug-likeness (QED) is 0.736. The molecule has 116 valence electrons. The van der Waals surface area contributed by atoms with Gasteiger partial charge in [0.25, 0.3) is 5.91 Å². The molecular formula is C15H22N2O4. The molecule has 0 aliphatic rings. The lowest BCUT2D eigenvalue weighted by atomic mass is 10.1. The van der Waals surface area contributed by atoms with Gasteiger partial charge in [0.1, 0.15) is 5.75 Å². The van der Waals surface area contributed by atoms with Crippen molar-refractivity contribution in [2.24, 2.45) is 0 Å². The number of urea groups is 1. The molecule has 1 aromatic rings. The Morgan fingerprint density at radius 1 is 1.24 bits per heavy atom. The summed E-state index contributed by atoms with van der Waals surface area (Å²) in [5.41, 5.74) is 0.983. The summed E-state index contributed by atoms with van der Waals surface area (Å²) in [7, 11) is 0. The van der Waals surface area contributed by atoms with E-state index in [1.54, 1.807) is 32.9 Å². The van der Waals surface area contributed by atoms with Crippen LogP contribution in [0, 0.1) is 0 Å². The number of aliphatic hydroxyl groups excluding tert-OH is 1. The van der Waals surface area contributed by atoms with Crippen molar-refractivity contribution < 1.29 is 19.4 Å². The Labute approximate surface area is 124 Å². The highest BCUT2D eigenvalue weighted by molar-refractivity contribution is 5.96. The highest BCUT2D eigenvalue weighted by Gasteiger charge is 2.17. The Morgan fingerprint density at radius 3 is 2.38 bits per heavy atom. The average molecular weight is 294 g/mol. The Kier molecular flexibility index (Phi) is 6.68. The van der Waals surface area contributed by atoms with Crippen LogP contribution in [0.5, 0.6) is 5.75 Å². The van der Waals surface area contributed by atoms with Crippen LogP contribution in [0.1, 0.15) is 26.3 Å². The summed E-state index contributed by atoms with van der Waals surface area (Å²) >= 11 is 0. The first-order chi connectivity index (χ1) is 9.92. The monoisotopic (exact) mass is 294 g/mol. The van der Waals surface area contributed by atoms with Crippen LogP contribution in [-0.4, -0.2) is 35.8 Å². The van der Waals surface area contributed by atoms with Crippen LogP contribution in [0.3, 0.4) is 0 Å². The van der Waals surface area contributed by atoms with E-state index in [0.29, 0.717) is 18.7 Å². The molecule has 6 heteroatoms. The van der Waals surface area contributed by atoms with E-state index in [-0.39, 0.29) is 0 Å². The minimum atomic E-state index is -0.782. The van der Waals surface area contributed by atoms with E-state index >= 15 is 0 Å². The largest absolute Gasteiger partial charge is 0.481 e. The van der Waals surface area contributed by atoms with Crippen LogP contribution in [0.4, 0.5) is 4.79 Å². The molecule has 0 aromatic heterocycles. The summed E-state index contributed by atoms with van der Waals surface area (Å²) in [6.45, 7) is 5.49. The first-order valence-corrected chi connectivity index (χ1v) is 6.94. The number of benzene rings is 1. The summed E-state index contributed by atoms with van der Waals surface area (Å²) in [6, 6.07) is 6.58. The lowest BCUT2D eigenvalue weighted by Crippen LogP contribution is -2.45. The van der Waals surface area contributed by atoms with Crippen molar-refractivity contribution in [1.29, 1.82) is 0 Å². The maximum atomic E-state index is 11.7. The van der Waals surface area contributed by atoms with Gasteiger partial charge in [-0.1, -0.05) is 12.1 Å². The highest BCUT2D eigenvalue weighted by atomic mass is 16.5. The average Bonchev–Trinajstić information content (AvgIpc) is 2.40. The molecule has 0 saturated heterocycles. The molecule has 6 nitrogen and oxygen atoms in total. The van der Waals surface area contributed by atoms with Crippen LogP contribution >= 0.6 is 0 Å². The van der Waals surface area contributed by atoms with Gasteiger partial charge in [-0.25, -0.2) is 4.79 Å². The topological polar surface area (TPSA) is 87.7 Å². The summed E-state index contributed by atoms with van der Waals surface area (Å²) in [4.78, 5) is 23.0. The van der Waals surface area contributed by atoms with Gasteiger partial charge in [-0.2, -0.15) is 0 Å². The van der Waals surface area contributed by atoms with Gasteiger partial charge in [0.15, 0.2) is 6.10 Å². The van der Waals surface area contributed by atoms with Crippen LogP contribution in [0.25, 0.3) is 0 Å². The lowest BCUT2D eigenvalue weighted by molar-refractivity contribution is -0.126. The zero-order valence-electron chi connectivity index (χ0n) is 12.6. The number of amides is 3. The number of nitrogens with one attached hydrogen (secondary N) is 2. The molecule has 0 radical (unpaired) electrons. The van der Waals surface area contributed by atoms with Crippen molar-refractivity contribution in [2.75, 3.05) is 6.54 Å². The normalized spacial score (nSPS) is 13.1. The maximum Gasteiger partial charge on any atom is 0.321 e. The molecule has 0 heterocycles. The summed E-state index contributed by atoms with van der Waals surface area (Å²) in [5, 5.41) is 14.0. The SMILES string of the molecule is CCNC(=O)NC(=O)C(C)Oc1ccc(CC(C)O)cc1. The molecule has 21 heavy (non-hydrogen) atoms. The van der Waals surface area contributed by atoms with E-state index in [1.807, 2.05) is 12.1 Å². The number of rotatable bonds is 6. The molecule has 3 N–H and O–H groups in total. The van der Waals surface area contributed by atoms with E-state index in [0.717, 1.165) is 5.56 Å². The van der Waals surface area contributed by atoms with Crippen molar-refractivity contribution >= 4 is 11.9 Å². The number of ether oxygens (including phenoxy) is 1. The number of hydrogen-bond donors (Lipinski definition) is 3. The van der Waals surface area contributed by atoms with Gasteiger partial charge in [0.2, 0.25) is 0 Å². The summed E-state index contributed by atoms with van der Waals surface area (Å²) in [6.07, 6.45) is -0.623. The number of carbonyl (C=O) groups is 2. The molecule has 0 saturated carbocycles. The third-order valence-corrected chi connectivity index (χ3v) is 2.71. The number of imide groups is 1. The van der Waals surface area contributed by atoms with Gasteiger partial charge < -0.3 is 15.2 Å². The first-order valence-electron chi connectivity index (χ1n) is 6.94. The fraction of sp³-hybridized carbons (Fsp3) is 0.467. The van der Waals surface area contributed by atoms with Crippen molar-refractivity contribution in [1.82, 2.24) is 10.6 Å². The van der Waals surface area contributed by atoms with Crippen molar-refractivity contribution in [3.8, 4) is 5.75 Å². The number of aliphatic hydroxyl groups is 1. The fourth-order valence-corrected chi connectivity index (χ4v) is 1.72. The third-order valence-electron chi connectivity index (χ3n) is 2.71. The van der Waals surface area contributed by atoms with Gasteiger partial charge in [-0.3, -0.25) is 10.1 Å². The molecule has 1 aromatic carbocycles. The zero-order valence-corrected chi connectivity index (χ0v) is 12.6. The Bertz CT molecular complexity index is 471. The van der Waals surface area contributed by atoms with Crippen LogP contribution in [0.2, 0.25) is 0 Å². The van der Waals surface area contributed by atoms with Gasteiger partial charge in [-0.05, 0) is 44.9 Å². The third kappa shape index (κ3) is 6.27. The molecule has 1 rings (SSSR count). The molecule has 0 fully saturated rings. The van der Waals surface area contributed by atoms with Crippen molar-refractivity contribution in [3.05, 3.63) is 29.8 Å². The molecule has 2 atom stereocenters. The lowest BCUT2D eigenvalue weighted by Gasteiger charge is -2.14. The van der Waals surface area contributed by atoms with Crippen LogP contribution in [-0.2, 0) is 11.2 Å². The molecule has 0 spiro atoms. The molecular weight excluding hydrogens is 272 g/mol. The summed E-state index contributed by atoms with van der Waals surface area (Å²) in [5.74, 6) is 0.0249. The van der Waals surface area contributed by atoms with Gasteiger partial charge in [-0.15, -0.1) is 0 Å². The minimum absolute atomic E-state index is 0.404.